The number of hydrogen-bond donors (Lipinski definition) is 0. The lowest BCUT2D eigenvalue weighted by atomic mass is 10.0. The van der Waals surface area contributed by atoms with Gasteiger partial charge in [-0.3, -0.25) is 0 Å². The van der Waals surface area contributed by atoms with Gasteiger partial charge in [-0.25, -0.2) is 0 Å². The molecule has 13 heavy (non-hydrogen) atoms. The van der Waals surface area contributed by atoms with Gasteiger partial charge in [-0.15, -0.1) is 0 Å². The van der Waals surface area contributed by atoms with E-state index < -0.39 is 0 Å². The van der Waals surface area contributed by atoms with Crippen LogP contribution in [0.2, 0.25) is 0 Å². The van der Waals surface area contributed by atoms with Gasteiger partial charge < -0.3 is 4.74 Å². The number of rotatable bonds is 1. The highest BCUT2D eigenvalue weighted by Gasteiger charge is 2.13. The van der Waals surface area contributed by atoms with Crippen molar-refractivity contribution in [3.8, 4) is 5.75 Å². The molecule has 1 aliphatic heterocycles. The van der Waals surface area contributed by atoms with Crippen molar-refractivity contribution in [2.75, 3.05) is 0 Å². The smallest absolute Gasteiger partial charge is 0.130 e. The van der Waals surface area contributed by atoms with Gasteiger partial charge in [0.2, 0.25) is 0 Å². The Labute approximate surface area is 79.0 Å². The van der Waals surface area contributed by atoms with Crippen LogP contribution in [0, 0.1) is 5.92 Å². The first kappa shape index (κ1) is 8.36. The second-order valence-electron chi connectivity index (χ2n) is 3.68. The van der Waals surface area contributed by atoms with Crippen LogP contribution >= 0.6 is 0 Å². The summed E-state index contributed by atoms with van der Waals surface area (Å²) in [6.45, 7) is 4.31. The van der Waals surface area contributed by atoms with Crippen molar-refractivity contribution in [1.82, 2.24) is 0 Å². The van der Waals surface area contributed by atoms with Crippen molar-refractivity contribution in [1.29, 1.82) is 0 Å². The maximum atomic E-state index is 5.75. The highest BCUT2D eigenvalue weighted by Crippen LogP contribution is 2.28. The molecule has 0 saturated carbocycles. The monoisotopic (exact) mass is 174 g/mol. The lowest BCUT2D eigenvalue weighted by Gasteiger charge is -2.20. The second kappa shape index (κ2) is 3.25. The maximum absolute atomic E-state index is 5.75. The highest BCUT2D eigenvalue weighted by molar-refractivity contribution is 5.38. The summed E-state index contributed by atoms with van der Waals surface area (Å²) >= 11 is 0. The van der Waals surface area contributed by atoms with Crippen LogP contribution in [0.15, 0.2) is 36.1 Å². The van der Waals surface area contributed by atoms with Gasteiger partial charge in [0.25, 0.3) is 0 Å². The van der Waals surface area contributed by atoms with Crippen LogP contribution in [-0.2, 0) is 6.42 Å². The number of hydrogen-bond acceptors (Lipinski definition) is 1. The minimum atomic E-state index is 0.480. The Hall–Kier alpha value is -1.24. The SMILES string of the molecule is CC(C)C1=CCc2ccccc2O1. The summed E-state index contributed by atoms with van der Waals surface area (Å²) in [6.07, 6.45) is 3.18. The van der Waals surface area contributed by atoms with E-state index in [2.05, 4.69) is 32.1 Å². The maximum Gasteiger partial charge on any atom is 0.130 e. The quantitative estimate of drug-likeness (QED) is 0.635. The summed E-state index contributed by atoms with van der Waals surface area (Å²) in [6, 6.07) is 8.21. The zero-order chi connectivity index (χ0) is 9.26. The third kappa shape index (κ3) is 1.59. The molecule has 0 fully saturated rings. The lowest BCUT2D eigenvalue weighted by Crippen LogP contribution is -2.09. The molecule has 2 rings (SSSR count). The molecule has 1 heterocycles. The summed E-state index contributed by atoms with van der Waals surface area (Å²) in [5, 5.41) is 0. The number of para-hydroxylation sites is 1. The first-order chi connectivity index (χ1) is 6.27. The molecule has 0 N–H and O–H groups in total. The average Bonchev–Trinajstić information content (AvgIpc) is 2.17. The molecule has 68 valence electrons. The molecule has 0 bridgehead atoms. The minimum absolute atomic E-state index is 0.480. The molecule has 1 heteroatoms. The zero-order valence-electron chi connectivity index (χ0n) is 8.08. The molecule has 0 unspecified atom stereocenters. The Bertz CT molecular complexity index is 337. The van der Waals surface area contributed by atoms with Gasteiger partial charge in [-0.1, -0.05) is 32.0 Å². The van der Waals surface area contributed by atoms with Crippen LogP contribution < -0.4 is 4.74 Å². The molecule has 0 aromatic heterocycles. The van der Waals surface area contributed by atoms with Crippen LogP contribution in [-0.4, -0.2) is 0 Å². The van der Waals surface area contributed by atoms with Crippen molar-refractivity contribution in [2.45, 2.75) is 20.3 Å². The van der Waals surface area contributed by atoms with Crippen molar-refractivity contribution >= 4 is 0 Å². The topological polar surface area (TPSA) is 9.23 Å². The highest BCUT2D eigenvalue weighted by atomic mass is 16.5. The number of fused-ring (bicyclic) bond motifs is 1. The van der Waals surface area contributed by atoms with Crippen molar-refractivity contribution < 1.29 is 4.74 Å². The van der Waals surface area contributed by atoms with E-state index in [1.807, 2.05) is 12.1 Å². The molecule has 1 nitrogen and oxygen atoms in total. The van der Waals surface area contributed by atoms with E-state index in [4.69, 9.17) is 4.74 Å². The van der Waals surface area contributed by atoms with E-state index in [9.17, 15) is 0 Å². The molecule has 0 saturated heterocycles. The molecule has 1 aromatic carbocycles. The van der Waals surface area contributed by atoms with E-state index in [-0.39, 0.29) is 0 Å². The van der Waals surface area contributed by atoms with Gasteiger partial charge in [0, 0.05) is 5.92 Å². The molecule has 0 aliphatic carbocycles. The fourth-order valence-corrected chi connectivity index (χ4v) is 1.50. The summed E-state index contributed by atoms with van der Waals surface area (Å²) in [7, 11) is 0. The van der Waals surface area contributed by atoms with Crippen LogP contribution in [0.1, 0.15) is 19.4 Å². The fraction of sp³-hybridized carbons (Fsp3) is 0.333. The molecule has 0 atom stereocenters. The van der Waals surface area contributed by atoms with Crippen molar-refractivity contribution in [2.24, 2.45) is 5.92 Å². The minimum Gasteiger partial charge on any atom is -0.461 e. The Balaban J connectivity index is 2.28. The third-order valence-electron chi connectivity index (χ3n) is 2.29. The Morgan fingerprint density at radius 3 is 2.77 bits per heavy atom. The van der Waals surface area contributed by atoms with E-state index in [0.29, 0.717) is 5.92 Å². The summed E-state index contributed by atoms with van der Waals surface area (Å²) < 4.78 is 5.75. The van der Waals surface area contributed by atoms with Gasteiger partial charge in [0.15, 0.2) is 0 Å². The summed E-state index contributed by atoms with van der Waals surface area (Å²) in [5.41, 5.74) is 1.28. The van der Waals surface area contributed by atoms with Gasteiger partial charge in [-0.2, -0.15) is 0 Å². The average molecular weight is 174 g/mol. The lowest BCUT2D eigenvalue weighted by molar-refractivity contribution is 0.355. The molecular formula is C12H14O. The van der Waals surface area contributed by atoms with E-state index in [1.165, 1.54) is 5.56 Å². The molecular weight excluding hydrogens is 160 g/mol. The van der Waals surface area contributed by atoms with Gasteiger partial charge in [0.1, 0.15) is 11.5 Å². The molecule has 0 amide bonds. The van der Waals surface area contributed by atoms with Gasteiger partial charge in [-0.05, 0) is 24.1 Å². The zero-order valence-corrected chi connectivity index (χ0v) is 8.08. The van der Waals surface area contributed by atoms with Gasteiger partial charge >= 0.3 is 0 Å². The van der Waals surface area contributed by atoms with E-state index in [1.54, 1.807) is 0 Å². The van der Waals surface area contributed by atoms with Crippen LogP contribution in [0.25, 0.3) is 0 Å². The normalized spacial score (nSPS) is 14.8. The molecule has 0 radical (unpaired) electrons. The summed E-state index contributed by atoms with van der Waals surface area (Å²) in [4.78, 5) is 0. The van der Waals surface area contributed by atoms with Crippen molar-refractivity contribution in [3.63, 3.8) is 0 Å². The van der Waals surface area contributed by atoms with Gasteiger partial charge in [0.05, 0.1) is 0 Å². The number of ether oxygens (including phenoxy) is 1. The van der Waals surface area contributed by atoms with Crippen molar-refractivity contribution in [3.05, 3.63) is 41.7 Å². The third-order valence-corrected chi connectivity index (χ3v) is 2.29. The van der Waals surface area contributed by atoms with Crippen LogP contribution in [0.5, 0.6) is 5.75 Å². The predicted molar refractivity (Wildman–Crippen MR) is 53.7 cm³/mol. The first-order valence-electron chi connectivity index (χ1n) is 4.73. The molecule has 1 aliphatic rings. The Kier molecular flexibility index (Phi) is 2.09. The van der Waals surface area contributed by atoms with Crippen LogP contribution in [0.3, 0.4) is 0 Å². The summed E-state index contributed by atoms with van der Waals surface area (Å²) in [5.74, 6) is 2.60. The fourth-order valence-electron chi connectivity index (χ4n) is 1.50. The molecule has 0 spiro atoms. The number of benzene rings is 1. The first-order valence-corrected chi connectivity index (χ1v) is 4.73. The largest absolute Gasteiger partial charge is 0.461 e. The Morgan fingerprint density at radius 1 is 1.23 bits per heavy atom. The standard InChI is InChI=1S/C12H14O/c1-9(2)11-8-7-10-5-3-4-6-12(10)13-11/h3-6,8-9H,7H2,1-2H3. The Morgan fingerprint density at radius 2 is 2.00 bits per heavy atom. The van der Waals surface area contributed by atoms with E-state index >= 15 is 0 Å². The second-order valence-corrected chi connectivity index (χ2v) is 3.68. The number of allylic oxidation sites excluding steroid dienone is 2. The van der Waals surface area contributed by atoms with Crippen LogP contribution in [0.4, 0.5) is 0 Å². The van der Waals surface area contributed by atoms with E-state index in [0.717, 1.165) is 17.9 Å². The molecule has 1 aromatic rings. The predicted octanol–water partition coefficient (Wildman–Crippen LogP) is 3.16.